The topological polar surface area (TPSA) is 12.5 Å². The molecule has 0 saturated carbocycles. The minimum absolute atomic E-state index is 0.0581. The molecule has 0 aromatic rings. The van der Waals surface area contributed by atoms with Crippen molar-refractivity contribution in [2.75, 3.05) is 13.2 Å². The number of nitrogens with zero attached hydrogens (tertiary/aromatic N) is 1. The van der Waals surface area contributed by atoms with Gasteiger partial charge in [0.25, 0.3) is 6.43 Å². The molecule has 2 atom stereocenters. The summed E-state index contributed by atoms with van der Waals surface area (Å²) in [5.41, 5.74) is -0.232. The van der Waals surface area contributed by atoms with E-state index < -0.39 is 12.5 Å². The van der Waals surface area contributed by atoms with Crippen molar-refractivity contribution < 1.29 is 13.5 Å². The molecule has 1 rings (SSSR count). The predicted molar refractivity (Wildman–Crippen MR) is 51.7 cm³/mol. The number of ether oxygens (including phenoxy) is 1. The maximum atomic E-state index is 12.8. The lowest BCUT2D eigenvalue weighted by molar-refractivity contribution is -0.129. The molecule has 0 amide bonds. The number of hydrogen-bond donors (Lipinski definition) is 0. The third-order valence-corrected chi connectivity index (χ3v) is 2.55. The summed E-state index contributed by atoms with van der Waals surface area (Å²) >= 11 is 0. The average Bonchev–Trinajstić information content (AvgIpc) is 2.01. The van der Waals surface area contributed by atoms with E-state index in [2.05, 4.69) is 0 Å². The molecule has 0 aliphatic carbocycles. The Kier molecular flexibility index (Phi) is 3.48. The fourth-order valence-corrected chi connectivity index (χ4v) is 2.20. The van der Waals surface area contributed by atoms with Crippen molar-refractivity contribution in [2.24, 2.45) is 0 Å². The van der Waals surface area contributed by atoms with Gasteiger partial charge >= 0.3 is 0 Å². The van der Waals surface area contributed by atoms with Gasteiger partial charge in [-0.25, -0.2) is 8.78 Å². The first kappa shape index (κ1) is 11.9. The van der Waals surface area contributed by atoms with Crippen LogP contribution in [0.25, 0.3) is 0 Å². The van der Waals surface area contributed by atoms with Gasteiger partial charge in [-0.1, -0.05) is 0 Å². The van der Waals surface area contributed by atoms with Crippen molar-refractivity contribution in [1.29, 1.82) is 0 Å². The molecule has 1 heterocycles. The van der Waals surface area contributed by atoms with E-state index in [-0.39, 0.29) is 18.2 Å². The van der Waals surface area contributed by atoms with E-state index in [1.54, 1.807) is 0 Å². The Hall–Kier alpha value is -0.220. The van der Waals surface area contributed by atoms with E-state index >= 15 is 0 Å². The minimum atomic E-state index is -2.34. The molecular weight excluding hydrogens is 188 g/mol. The SMILES string of the molecule is C[C@@H]1COC[C@@H](C(F)F)N1C(C)(C)C. The molecule has 2 nitrogen and oxygen atoms in total. The van der Waals surface area contributed by atoms with Gasteiger partial charge in [-0.3, -0.25) is 4.90 Å². The molecule has 1 fully saturated rings. The number of halogens is 2. The lowest BCUT2D eigenvalue weighted by atomic mass is 9.99. The molecule has 1 aliphatic heterocycles. The van der Waals surface area contributed by atoms with Crippen molar-refractivity contribution in [3.63, 3.8) is 0 Å². The fourth-order valence-electron chi connectivity index (χ4n) is 2.20. The summed E-state index contributed by atoms with van der Waals surface area (Å²) < 4.78 is 30.7. The highest BCUT2D eigenvalue weighted by molar-refractivity contribution is 4.90. The Morgan fingerprint density at radius 2 is 1.86 bits per heavy atom. The Morgan fingerprint density at radius 3 is 2.21 bits per heavy atom. The molecule has 4 heteroatoms. The molecule has 84 valence electrons. The van der Waals surface area contributed by atoms with Gasteiger partial charge in [0.2, 0.25) is 0 Å². The maximum Gasteiger partial charge on any atom is 0.256 e. The van der Waals surface area contributed by atoms with Gasteiger partial charge in [0.05, 0.1) is 19.3 Å². The molecule has 0 bridgehead atoms. The highest BCUT2D eigenvalue weighted by Gasteiger charge is 2.40. The van der Waals surface area contributed by atoms with Crippen LogP contribution in [0.5, 0.6) is 0 Å². The number of hydrogen-bond acceptors (Lipinski definition) is 2. The van der Waals surface area contributed by atoms with Gasteiger partial charge in [-0.05, 0) is 27.7 Å². The average molecular weight is 207 g/mol. The van der Waals surface area contributed by atoms with Crippen LogP contribution < -0.4 is 0 Å². The number of rotatable bonds is 1. The van der Waals surface area contributed by atoms with Gasteiger partial charge in [0.1, 0.15) is 0 Å². The molecule has 1 saturated heterocycles. The largest absolute Gasteiger partial charge is 0.378 e. The second-order valence-corrected chi connectivity index (χ2v) is 4.87. The van der Waals surface area contributed by atoms with E-state index in [4.69, 9.17) is 4.74 Å². The van der Waals surface area contributed by atoms with Crippen LogP contribution in [0.2, 0.25) is 0 Å². The third kappa shape index (κ3) is 2.42. The third-order valence-electron chi connectivity index (χ3n) is 2.55. The smallest absolute Gasteiger partial charge is 0.256 e. The highest BCUT2D eigenvalue weighted by Crippen LogP contribution is 2.27. The Balaban J connectivity index is 2.82. The summed E-state index contributed by atoms with van der Waals surface area (Å²) in [7, 11) is 0. The van der Waals surface area contributed by atoms with E-state index in [0.29, 0.717) is 6.61 Å². The van der Waals surface area contributed by atoms with Crippen LogP contribution in [0.4, 0.5) is 8.78 Å². The quantitative estimate of drug-likeness (QED) is 0.653. The first-order valence-corrected chi connectivity index (χ1v) is 4.98. The van der Waals surface area contributed by atoms with Crippen molar-refractivity contribution in [3.8, 4) is 0 Å². The second kappa shape index (κ2) is 4.11. The van der Waals surface area contributed by atoms with Crippen molar-refractivity contribution in [1.82, 2.24) is 4.90 Å². The van der Waals surface area contributed by atoms with Crippen molar-refractivity contribution >= 4 is 0 Å². The molecule has 0 unspecified atom stereocenters. The molecule has 0 spiro atoms. The van der Waals surface area contributed by atoms with Crippen LogP contribution >= 0.6 is 0 Å². The monoisotopic (exact) mass is 207 g/mol. The molecular formula is C10H19F2NO. The van der Waals surface area contributed by atoms with Crippen LogP contribution in [0.1, 0.15) is 27.7 Å². The fraction of sp³-hybridized carbons (Fsp3) is 1.00. The first-order chi connectivity index (χ1) is 6.34. The molecule has 1 aliphatic rings. The van der Waals surface area contributed by atoms with Gasteiger partial charge in [-0.15, -0.1) is 0 Å². The Morgan fingerprint density at radius 1 is 1.29 bits per heavy atom. The molecule has 0 N–H and O–H groups in total. The summed E-state index contributed by atoms with van der Waals surface area (Å²) in [4.78, 5) is 1.86. The Bertz CT molecular complexity index is 191. The zero-order valence-corrected chi connectivity index (χ0v) is 9.26. The summed E-state index contributed by atoms with van der Waals surface area (Å²) in [5.74, 6) is 0. The molecule has 0 aromatic heterocycles. The van der Waals surface area contributed by atoms with Crippen LogP contribution in [0.15, 0.2) is 0 Å². The van der Waals surface area contributed by atoms with Crippen molar-refractivity contribution in [2.45, 2.75) is 51.7 Å². The van der Waals surface area contributed by atoms with E-state index in [1.165, 1.54) is 0 Å². The van der Waals surface area contributed by atoms with Gasteiger partial charge < -0.3 is 4.74 Å². The molecule has 0 radical (unpaired) electrons. The zero-order valence-electron chi connectivity index (χ0n) is 9.26. The van der Waals surface area contributed by atoms with E-state index in [9.17, 15) is 8.78 Å². The van der Waals surface area contributed by atoms with Crippen LogP contribution in [-0.4, -0.2) is 42.2 Å². The molecule has 14 heavy (non-hydrogen) atoms. The summed E-state index contributed by atoms with van der Waals surface area (Å²) in [5, 5.41) is 0. The lowest BCUT2D eigenvalue weighted by Crippen LogP contribution is -2.61. The summed E-state index contributed by atoms with van der Waals surface area (Å²) in [6.45, 7) is 8.50. The zero-order chi connectivity index (χ0) is 10.9. The molecule has 0 aromatic carbocycles. The second-order valence-electron chi connectivity index (χ2n) is 4.87. The maximum absolute atomic E-state index is 12.8. The van der Waals surface area contributed by atoms with Crippen LogP contribution in [0.3, 0.4) is 0 Å². The lowest BCUT2D eigenvalue weighted by Gasteiger charge is -2.47. The normalized spacial score (nSPS) is 31.1. The van der Waals surface area contributed by atoms with Crippen LogP contribution in [-0.2, 0) is 4.74 Å². The number of morpholine rings is 1. The number of alkyl halides is 2. The van der Waals surface area contributed by atoms with Crippen molar-refractivity contribution in [3.05, 3.63) is 0 Å². The standard InChI is InChI=1S/C10H19F2NO/c1-7-5-14-6-8(9(11)12)13(7)10(2,3)4/h7-9H,5-6H2,1-4H3/t7-,8+/m1/s1. The minimum Gasteiger partial charge on any atom is -0.378 e. The summed E-state index contributed by atoms with van der Waals surface area (Å²) in [6, 6.07) is -0.707. The first-order valence-electron chi connectivity index (χ1n) is 4.98. The summed E-state index contributed by atoms with van der Waals surface area (Å²) in [6.07, 6.45) is -2.34. The van der Waals surface area contributed by atoms with Gasteiger partial charge in [-0.2, -0.15) is 0 Å². The van der Waals surface area contributed by atoms with Crippen LogP contribution in [0, 0.1) is 0 Å². The van der Waals surface area contributed by atoms with Gasteiger partial charge in [0, 0.05) is 11.6 Å². The van der Waals surface area contributed by atoms with E-state index in [0.717, 1.165) is 0 Å². The predicted octanol–water partition coefficient (Wildman–Crippen LogP) is 2.14. The van der Waals surface area contributed by atoms with Gasteiger partial charge in [0.15, 0.2) is 0 Å². The Labute approximate surface area is 84.2 Å². The highest BCUT2D eigenvalue weighted by atomic mass is 19.3. The van der Waals surface area contributed by atoms with E-state index in [1.807, 2.05) is 32.6 Å².